The number of fused-ring (bicyclic) bond motifs is 1. The Morgan fingerprint density at radius 1 is 1.23 bits per heavy atom. The summed E-state index contributed by atoms with van der Waals surface area (Å²) in [5.74, 6) is 0.317. The number of anilines is 1. The Morgan fingerprint density at radius 2 is 1.94 bits per heavy atom. The summed E-state index contributed by atoms with van der Waals surface area (Å²) >= 11 is 0. The van der Waals surface area contributed by atoms with E-state index in [9.17, 15) is 4.79 Å². The van der Waals surface area contributed by atoms with Crippen LogP contribution in [0.5, 0.6) is 5.75 Å². The third-order valence-electron chi connectivity index (χ3n) is 7.42. The first-order valence-electron chi connectivity index (χ1n) is 10.6. The van der Waals surface area contributed by atoms with Gasteiger partial charge in [0.15, 0.2) is 0 Å². The first-order chi connectivity index (χ1) is 14.7. The van der Waals surface area contributed by atoms with Gasteiger partial charge in [-0.05, 0) is 50.6 Å². The van der Waals surface area contributed by atoms with E-state index in [4.69, 9.17) is 10.5 Å². The number of aromatic nitrogens is 2. The zero-order valence-corrected chi connectivity index (χ0v) is 18.8. The summed E-state index contributed by atoms with van der Waals surface area (Å²) in [7, 11) is 3.66. The molecule has 1 saturated carbocycles. The zero-order chi connectivity index (χ0) is 22.4. The van der Waals surface area contributed by atoms with Gasteiger partial charge in [-0.3, -0.25) is 4.79 Å². The molecule has 1 aromatic carbocycles. The molecule has 2 aromatic heterocycles. The van der Waals surface area contributed by atoms with Crippen molar-refractivity contribution in [2.75, 3.05) is 19.5 Å². The summed E-state index contributed by atoms with van der Waals surface area (Å²) in [4.78, 5) is 12.2. The third-order valence-corrected chi connectivity index (χ3v) is 7.42. The molecule has 164 valence electrons. The van der Waals surface area contributed by atoms with Gasteiger partial charge in [-0.25, -0.2) is 4.52 Å². The summed E-state index contributed by atoms with van der Waals surface area (Å²) in [5.41, 5.74) is 9.70. The topological polar surface area (TPSA) is 93.7 Å². The number of primary amides is 1. The molecule has 0 bridgehead atoms. The smallest absolute Gasteiger partial charge is 0.252 e. The van der Waals surface area contributed by atoms with Crippen LogP contribution < -0.4 is 21.1 Å². The van der Waals surface area contributed by atoms with E-state index >= 15 is 0 Å². The molecule has 7 nitrogen and oxygen atoms in total. The van der Waals surface area contributed by atoms with Crippen molar-refractivity contribution in [3.8, 4) is 16.9 Å². The van der Waals surface area contributed by atoms with Gasteiger partial charge >= 0.3 is 0 Å². The minimum atomic E-state index is -0.489. The van der Waals surface area contributed by atoms with Gasteiger partial charge in [0.05, 0.1) is 30.1 Å². The van der Waals surface area contributed by atoms with Gasteiger partial charge in [0.1, 0.15) is 5.75 Å². The highest BCUT2D eigenvalue weighted by molar-refractivity contribution is 6.02. The Balaban J connectivity index is 1.78. The Hall–Kier alpha value is -3.06. The molecule has 4 N–H and O–H groups in total. The van der Waals surface area contributed by atoms with Gasteiger partial charge in [-0.15, -0.1) is 0 Å². The molecule has 0 spiro atoms. The van der Waals surface area contributed by atoms with Crippen molar-refractivity contribution in [1.29, 1.82) is 0 Å². The third kappa shape index (κ3) is 3.43. The van der Waals surface area contributed by atoms with Crippen molar-refractivity contribution in [3.63, 3.8) is 0 Å². The molecule has 0 saturated heterocycles. The van der Waals surface area contributed by atoms with Crippen molar-refractivity contribution < 1.29 is 9.53 Å². The fourth-order valence-corrected chi connectivity index (χ4v) is 4.71. The highest BCUT2D eigenvalue weighted by Crippen LogP contribution is 2.47. The van der Waals surface area contributed by atoms with Crippen LogP contribution in [-0.2, 0) is 0 Å². The molecule has 0 radical (unpaired) electrons. The van der Waals surface area contributed by atoms with Gasteiger partial charge in [-0.2, -0.15) is 5.10 Å². The standard InChI is InChI=1S/C24H31N5O2/c1-23(2)20(10-11-24(23,3)26-4)28-21-18(22(25)30)13-27-29-14-16(12-19(21)29)15-6-8-17(31-5)9-7-15/h6-9,12-14,20,26,28H,10-11H2,1-5H3,(H2,25,30)/t20-,24?/m1/s1. The fourth-order valence-electron chi connectivity index (χ4n) is 4.71. The molecule has 1 aliphatic rings. The van der Waals surface area contributed by atoms with Crippen molar-refractivity contribution >= 4 is 17.1 Å². The van der Waals surface area contributed by atoms with E-state index in [0.29, 0.717) is 5.56 Å². The van der Waals surface area contributed by atoms with Crippen LogP contribution >= 0.6 is 0 Å². The Morgan fingerprint density at radius 3 is 2.52 bits per heavy atom. The maximum absolute atomic E-state index is 12.2. The number of methoxy groups -OCH3 is 1. The van der Waals surface area contributed by atoms with Crippen molar-refractivity contribution in [2.45, 2.75) is 45.2 Å². The van der Waals surface area contributed by atoms with E-state index in [1.54, 1.807) is 17.8 Å². The largest absolute Gasteiger partial charge is 0.497 e. The molecule has 4 rings (SSSR count). The Kier molecular flexibility index (Phi) is 5.17. The molecule has 1 amide bonds. The highest BCUT2D eigenvalue weighted by Gasteiger charge is 2.51. The highest BCUT2D eigenvalue weighted by atomic mass is 16.5. The molecule has 1 fully saturated rings. The molecule has 2 heterocycles. The maximum Gasteiger partial charge on any atom is 0.252 e. The number of hydrogen-bond donors (Lipinski definition) is 3. The van der Waals surface area contributed by atoms with Crippen molar-refractivity contribution in [3.05, 3.63) is 48.3 Å². The molecular weight excluding hydrogens is 390 g/mol. The monoisotopic (exact) mass is 421 g/mol. The Labute approximate surface area is 183 Å². The maximum atomic E-state index is 12.2. The SMILES string of the molecule is CNC1(C)CC[C@@H](Nc2c(C(N)=O)cnn3cc(-c4ccc(OC)cc4)cc23)C1(C)C. The summed E-state index contributed by atoms with van der Waals surface area (Å²) in [5, 5.41) is 11.6. The summed E-state index contributed by atoms with van der Waals surface area (Å²) in [6.45, 7) is 6.78. The van der Waals surface area contributed by atoms with Gasteiger partial charge in [-0.1, -0.05) is 26.0 Å². The van der Waals surface area contributed by atoms with Crippen LogP contribution in [0.15, 0.2) is 42.7 Å². The van der Waals surface area contributed by atoms with Crippen LogP contribution in [0, 0.1) is 5.41 Å². The first-order valence-corrected chi connectivity index (χ1v) is 10.6. The molecule has 1 unspecified atom stereocenters. The van der Waals surface area contributed by atoms with Crippen LogP contribution in [0.4, 0.5) is 5.69 Å². The lowest BCUT2D eigenvalue weighted by molar-refractivity contribution is 0.100. The number of nitrogens with zero attached hydrogens (tertiary/aromatic N) is 2. The van der Waals surface area contributed by atoms with E-state index in [0.717, 1.165) is 40.9 Å². The lowest BCUT2D eigenvalue weighted by Crippen LogP contribution is -2.53. The van der Waals surface area contributed by atoms with Crippen LogP contribution in [0.25, 0.3) is 16.6 Å². The fraction of sp³-hybridized carbons (Fsp3) is 0.417. The normalized spacial score (nSPS) is 22.5. The van der Waals surface area contributed by atoms with Crippen LogP contribution in [0.2, 0.25) is 0 Å². The molecule has 7 heteroatoms. The van der Waals surface area contributed by atoms with Crippen LogP contribution in [-0.4, -0.2) is 41.3 Å². The van der Waals surface area contributed by atoms with Gasteiger partial charge in [0, 0.05) is 28.8 Å². The number of carbonyl (C=O) groups is 1. The zero-order valence-electron chi connectivity index (χ0n) is 18.8. The quantitative estimate of drug-likeness (QED) is 0.564. The minimum absolute atomic E-state index is 0.00286. The average molecular weight is 422 g/mol. The average Bonchev–Trinajstić information content (AvgIpc) is 3.29. The number of amides is 1. The lowest BCUT2D eigenvalue weighted by atomic mass is 9.74. The number of ether oxygens (including phenoxy) is 1. The van der Waals surface area contributed by atoms with Crippen molar-refractivity contribution in [1.82, 2.24) is 14.9 Å². The molecule has 2 atom stereocenters. The van der Waals surface area contributed by atoms with Crippen LogP contribution in [0.1, 0.15) is 44.0 Å². The van der Waals surface area contributed by atoms with Gasteiger partial charge in [0.25, 0.3) is 5.91 Å². The molecule has 0 aliphatic heterocycles. The van der Waals surface area contributed by atoms with E-state index < -0.39 is 5.91 Å². The summed E-state index contributed by atoms with van der Waals surface area (Å²) in [6.07, 6.45) is 5.54. The predicted molar refractivity (Wildman–Crippen MR) is 124 cm³/mol. The first kappa shape index (κ1) is 21.2. The van der Waals surface area contributed by atoms with Crippen molar-refractivity contribution in [2.24, 2.45) is 11.1 Å². The Bertz CT molecular complexity index is 1120. The van der Waals surface area contributed by atoms with Gasteiger partial charge < -0.3 is 21.1 Å². The number of carbonyl (C=O) groups excluding carboxylic acids is 1. The molecular formula is C24H31N5O2. The summed E-state index contributed by atoms with van der Waals surface area (Å²) < 4.78 is 7.06. The molecule has 1 aliphatic carbocycles. The number of hydrogen-bond acceptors (Lipinski definition) is 5. The summed E-state index contributed by atoms with van der Waals surface area (Å²) in [6, 6.07) is 10.1. The van der Waals surface area contributed by atoms with Crippen LogP contribution in [0.3, 0.4) is 0 Å². The molecule has 31 heavy (non-hydrogen) atoms. The van der Waals surface area contributed by atoms with E-state index in [1.807, 2.05) is 43.6 Å². The number of nitrogens with one attached hydrogen (secondary N) is 2. The number of rotatable bonds is 6. The molecule has 3 aromatic rings. The number of benzene rings is 1. The second-order valence-corrected chi connectivity index (χ2v) is 9.12. The number of nitrogens with two attached hydrogens (primary N) is 1. The van der Waals surface area contributed by atoms with E-state index in [2.05, 4.69) is 36.5 Å². The lowest BCUT2D eigenvalue weighted by Gasteiger charge is -2.42. The second-order valence-electron chi connectivity index (χ2n) is 9.12. The minimum Gasteiger partial charge on any atom is -0.497 e. The van der Waals surface area contributed by atoms with E-state index in [1.165, 1.54) is 0 Å². The van der Waals surface area contributed by atoms with Gasteiger partial charge in [0.2, 0.25) is 0 Å². The predicted octanol–water partition coefficient (Wildman–Crippen LogP) is 3.69. The second kappa shape index (κ2) is 7.57. The van der Waals surface area contributed by atoms with E-state index in [-0.39, 0.29) is 17.0 Å².